The van der Waals surface area contributed by atoms with E-state index in [4.69, 9.17) is 9.47 Å². The third-order valence-electron chi connectivity index (χ3n) is 5.54. The Bertz CT molecular complexity index is 1350. The van der Waals surface area contributed by atoms with Crippen molar-refractivity contribution in [1.82, 2.24) is 0 Å². The van der Waals surface area contributed by atoms with Crippen molar-refractivity contribution in [1.29, 1.82) is 0 Å². The largest absolute Gasteiger partial charge is 0.483 e. The SMILES string of the molecule is COC(=O)c1ccccc1NC(=O)COc1ccc(S(=O)(=O)N2CCc3ccccc32)cc1C. The Labute approximate surface area is 198 Å². The van der Waals surface area contributed by atoms with Crippen LogP contribution in [-0.4, -0.2) is 40.6 Å². The molecule has 0 atom stereocenters. The van der Waals surface area contributed by atoms with Gasteiger partial charge in [-0.3, -0.25) is 9.10 Å². The Morgan fingerprint density at radius 1 is 1.03 bits per heavy atom. The van der Waals surface area contributed by atoms with Crippen LogP contribution in [0.1, 0.15) is 21.5 Å². The van der Waals surface area contributed by atoms with Gasteiger partial charge in [0.15, 0.2) is 6.61 Å². The molecule has 3 aromatic rings. The number of carbonyl (C=O) groups excluding carboxylic acids is 2. The van der Waals surface area contributed by atoms with E-state index in [-0.39, 0.29) is 17.1 Å². The van der Waals surface area contributed by atoms with Gasteiger partial charge in [0, 0.05) is 6.54 Å². The summed E-state index contributed by atoms with van der Waals surface area (Å²) >= 11 is 0. The molecule has 1 heterocycles. The summed E-state index contributed by atoms with van der Waals surface area (Å²) < 4.78 is 38.2. The number of sulfonamides is 1. The molecule has 0 saturated heterocycles. The highest BCUT2D eigenvalue weighted by molar-refractivity contribution is 7.92. The average molecular weight is 481 g/mol. The van der Waals surface area contributed by atoms with Crippen molar-refractivity contribution in [2.75, 3.05) is 29.9 Å². The number of aryl methyl sites for hydroxylation is 1. The molecule has 1 aliphatic heterocycles. The van der Waals surface area contributed by atoms with Crippen LogP contribution in [0.4, 0.5) is 11.4 Å². The van der Waals surface area contributed by atoms with Crippen molar-refractivity contribution in [2.24, 2.45) is 0 Å². The van der Waals surface area contributed by atoms with E-state index >= 15 is 0 Å². The number of anilines is 2. The quantitative estimate of drug-likeness (QED) is 0.519. The zero-order chi connectivity index (χ0) is 24.3. The van der Waals surface area contributed by atoms with E-state index in [1.165, 1.54) is 23.5 Å². The Balaban J connectivity index is 1.45. The first-order chi connectivity index (χ1) is 16.3. The molecule has 4 rings (SSSR count). The van der Waals surface area contributed by atoms with Crippen LogP contribution in [0.5, 0.6) is 5.75 Å². The second-order valence-corrected chi connectivity index (χ2v) is 9.62. The molecular weight excluding hydrogens is 456 g/mol. The molecule has 176 valence electrons. The summed E-state index contributed by atoms with van der Waals surface area (Å²) in [7, 11) is -2.46. The topological polar surface area (TPSA) is 102 Å². The summed E-state index contributed by atoms with van der Waals surface area (Å²) in [6.07, 6.45) is 0.670. The van der Waals surface area contributed by atoms with Crippen LogP contribution in [0.15, 0.2) is 71.6 Å². The van der Waals surface area contributed by atoms with Crippen molar-refractivity contribution in [2.45, 2.75) is 18.2 Å². The van der Waals surface area contributed by atoms with E-state index in [9.17, 15) is 18.0 Å². The number of para-hydroxylation sites is 2. The van der Waals surface area contributed by atoms with Gasteiger partial charge in [-0.05, 0) is 60.9 Å². The maximum atomic E-state index is 13.2. The van der Waals surface area contributed by atoms with Gasteiger partial charge in [-0.15, -0.1) is 0 Å². The van der Waals surface area contributed by atoms with Gasteiger partial charge in [0.25, 0.3) is 15.9 Å². The van der Waals surface area contributed by atoms with Gasteiger partial charge in [-0.2, -0.15) is 0 Å². The van der Waals surface area contributed by atoms with Gasteiger partial charge < -0.3 is 14.8 Å². The molecule has 0 saturated carbocycles. The molecule has 0 fully saturated rings. The number of hydrogen-bond donors (Lipinski definition) is 1. The van der Waals surface area contributed by atoms with Crippen LogP contribution in [0.25, 0.3) is 0 Å². The lowest BCUT2D eigenvalue weighted by Gasteiger charge is -2.20. The number of carbonyl (C=O) groups is 2. The van der Waals surface area contributed by atoms with Crippen LogP contribution in [0.2, 0.25) is 0 Å². The minimum Gasteiger partial charge on any atom is -0.483 e. The molecule has 34 heavy (non-hydrogen) atoms. The van der Waals surface area contributed by atoms with Crippen molar-refractivity contribution in [3.8, 4) is 5.75 Å². The van der Waals surface area contributed by atoms with Crippen LogP contribution in [-0.2, 0) is 26.0 Å². The highest BCUT2D eigenvalue weighted by atomic mass is 32.2. The molecule has 0 radical (unpaired) electrons. The highest BCUT2D eigenvalue weighted by Gasteiger charge is 2.30. The second-order valence-electron chi connectivity index (χ2n) is 7.76. The minimum atomic E-state index is -3.72. The summed E-state index contributed by atoms with van der Waals surface area (Å²) in [5.74, 6) is -0.650. The standard InChI is InChI=1S/C25H24N2O6S/c1-17-15-19(34(30,31)27-14-13-18-7-3-6-10-22(18)27)11-12-23(17)33-16-24(28)26-21-9-5-4-8-20(21)25(29)32-2/h3-12,15H,13-14,16H2,1-2H3,(H,26,28). The van der Waals surface area contributed by atoms with Crippen LogP contribution < -0.4 is 14.4 Å². The molecule has 0 bridgehead atoms. The predicted octanol–water partition coefficient (Wildman–Crippen LogP) is 3.55. The lowest BCUT2D eigenvalue weighted by molar-refractivity contribution is -0.118. The highest BCUT2D eigenvalue weighted by Crippen LogP contribution is 2.33. The maximum absolute atomic E-state index is 13.2. The molecule has 0 spiro atoms. The number of nitrogens with zero attached hydrogens (tertiary/aromatic N) is 1. The number of hydrogen-bond acceptors (Lipinski definition) is 6. The van der Waals surface area contributed by atoms with Gasteiger partial charge in [0.1, 0.15) is 5.75 Å². The summed E-state index contributed by atoms with van der Waals surface area (Å²) in [6.45, 7) is 1.80. The lowest BCUT2D eigenvalue weighted by atomic mass is 10.2. The van der Waals surface area contributed by atoms with Gasteiger partial charge >= 0.3 is 5.97 Å². The first-order valence-electron chi connectivity index (χ1n) is 10.6. The van der Waals surface area contributed by atoms with E-state index in [1.54, 1.807) is 43.3 Å². The second kappa shape index (κ2) is 9.56. The predicted molar refractivity (Wildman–Crippen MR) is 128 cm³/mol. The van der Waals surface area contributed by atoms with Crippen LogP contribution in [0, 0.1) is 6.92 Å². The number of rotatable bonds is 7. The average Bonchev–Trinajstić information content (AvgIpc) is 3.28. The molecule has 1 N–H and O–H groups in total. The molecule has 9 heteroatoms. The Hall–Kier alpha value is -3.85. The molecule has 0 aliphatic carbocycles. The minimum absolute atomic E-state index is 0.158. The Kier molecular flexibility index (Phi) is 6.56. The van der Waals surface area contributed by atoms with Crippen molar-refractivity contribution in [3.05, 3.63) is 83.4 Å². The molecule has 3 aromatic carbocycles. The normalized spacial score (nSPS) is 12.7. The summed E-state index contributed by atoms with van der Waals surface area (Å²) in [5.41, 5.74) is 2.82. The molecule has 8 nitrogen and oxygen atoms in total. The van der Waals surface area contributed by atoms with Crippen LogP contribution in [0.3, 0.4) is 0 Å². The number of nitrogens with one attached hydrogen (secondary N) is 1. The lowest BCUT2D eigenvalue weighted by Crippen LogP contribution is -2.29. The van der Waals surface area contributed by atoms with Crippen molar-refractivity contribution in [3.63, 3.8) is 0 Å². The fourth-order valence-corrected chi connectivity index (χ4v) is 5.43. The van der Waals surface area contributed by atoms with Gasteiger partial charge in [0.2, 0.25) is 0 Å². The van der Waals surface area contributed by atoms with E-state index in [2.05, 4.69) is 5.32 Å². The maximum Gasteiger partial charge on any atom is 0.339 e. The number of ether oxygens (including phenoxy) is 2. The Morgan fingerprint density at radius 2 is 1.76 bits per heavy atom. The van der Waals surface area contributed by atoms with E-state index in [1.807, 2.05) is 18.2 Å². The fourth-order valence-electron chi connectivity index (χ4n) is 3.84. The molecule has 1 aliphatic rings. The fraction of sp³-hybridized carbons (Fsp3) is 0.200. The molecule has 0 unspecified atom stereocenters. The summed E-state index contributed by atoms with van der Waals surface area (Å²) in [4.78, 5) is 24.4. The van der Waals surface area contributed by atoms with Crippen molar-refractivity contribution < 1.29 is 27.5 Å². The van der Waals surface area contributed by atoms with Gasteiger partial charge in [0.05, 0.1) is 28.9 Å². The van der Waals surface area contributed by atoms with Gasteiger partial charge in [-0.1, -0.05) is 30.3 Å². The molecule has 0 aromatic heterocycles. The van der Waals surface area contributed by atoms with Gasteiger partial charge in [-0.25, -0.2) is 13.2 Å². The third kappa shape index (κ3) is 4.60. The molecular formula is C25H24N2O6S. The number of fused-ring (bicyclic) bond motifs is 1. The summed E-state index contributed by atoms with van der Waals surface area (Å²) in [5, 5.41) is 2.63. The number of esters is 1. The number of benzene rings is 3. The zero-order valence-corrected chi connectivity index (χ0v) is 19.6. The monoisotopic (exact) mass is 480 g/mol. The number of methoxy groups -OCH3 is 1. The van der Waals surface area contributed by atoms with Crippen molar-refractivity contribution >= 4 is 33.3 Å². The Morgan fingerprint density at radius 3 is 2.53 bits per heavy atom. The van der Waals surface area contributed by atoms with E-state index < -0.39 is 21.9 Å². The zero-order valence-electron chi connectivity index (χ0n) is 18.8. The van der Waals surface area contributed by atoms with E-state index in [0.29, 0.717) is 35.7 Å². The summed E-state index contributed by atoms with van der Waals surface area (Å²) in [6, 6.07) is 18.5. The third-order valence-corrected chi connectivity index (χ3v) is 7.35. The van der Waals surface area contributed by atoms with E-state index in [0.717, 1.165) is 5.56 Å². The number of amides is 1. The molecule has 1 amide bonds. The smallest absolute Gasteiger partial charge is 0.339 e. The van der Waals surface area contributed by atoms with Crippen LogP contribution >= 0.6 is 0 Å². The first-order valence-corrected chi connectivity index (χ1v) is 12.1. The first kappa shape index (κ1) is 23.3.